The minimum atomic E-state index is -0.734. The van der Waals surface area contributed by atoms with Crippen LogP contribution in [0.15, 0.2) is 52.1 Å². The van der Waals surface area contributed by atoms with Crippen molar-refractivity contribution in [2.45, 2.75) is 19.6 Å². The predicted molar refractivity (Wildman–Crippen MR) is 105 cm³/mol. The predicted octanol–water partition coefficient (Wildman–Crippen LogP) is 2.53. The van der Waals surface area contributed by atoms with Gasteiger partial charge in [0.1, 0.15) is 36.6 Å². The van der Waals surface area contributed by atoms with Gasteiger partial charge in [0, 0.05) is 13.1 Å². The lowest BCUT2D eigenvalue weighted by molar-refractivity contribution is 0.110. The lowest BCUT2D eigenvalue weighted by Crippen LogP contribution is -2.42. The number of ether oxygens (including phenoxy) is 1. The summed E-state index contributed by atoms with van der Waals surface area (Å²) in [6.07, 6.45) is 0.865. The molecule has 6 nitrogen and oxygen atoms in total. The van der Waals surface area contributed by atoms with E-state index in [0.29, 0.717) is 24.8 Å². The van der Waals surface area contributed by atoms with Gasteiger partial charge in [0.25, 0.3) is 0 Å². The van der Waals surface area contributed by atoms with Crippen molar-refractivity contribution in [1.29, 1.82) is 0 Å². The van der Waals surface area contributed by atoms with Crippen LogP contribution in [0.5, 0.6) is 5.75 Å². The fourth-order valence-electron chi connectivity index (χ4n) is 1.90. The summed E-state index contributed by atoms with van der Waals surface area (Å²) in [5.74, 6) is 1.52. The van der Waals surface area contributed by atoms with Crippen molar-refractivity contribution in [2.75, 3.05) is 19.7 Å². The highest BCUT2D eigenvalue weighted by Gasteiger charge is 2.07. The van der Waals surface area contributed by atoms with Crippen molar-refractivity contribution < 1.29 is 18.7 Å². The van der Waals surface area contributed by atoms with E-state index < -0.39 is 6.10 Å². The number of halogens is 2. The highest BCUT2D eigenvalue weighted by molar-refractivity contribution is 14.0. The van der Waals surface area contributed by atoms with Crippen LogP contribution in [0.4, 0.5) is 4.39 Å². The van der Waals surface area contributed by atoms with Gasteiger partial charge in [-0.05, 0) is 43.3 Å². The molecule has 8 heteroatoms. The molecule has 0 aliphatic rings. The van der Waals surface area contributed by atoms with Gasteiger partial charge in [-0.1, -0.05) is 0 Å². The Balaban J connectivity index is 0.00000312. The van der Waals surface area contributed by atoms with Gasteiger partial charge in [-0.15, -0.1) is 24.0 Å². The number of nitrogens with one attached hydrogen (secondary N) is 2. The molecule has 3 N–H and O–H groups in total. The Bertz CT molecular complexity index is 621. The summed E-state index contributed by atoms with van der Waals surface area (Å²) in [7, 11) is 0. The SMILES string of the molecule is CCNC(=NCc1ccco1)NCC(O)COc1ccc(F)cc1.I. The fourth-order valence-corrected chi connectivity index (χ4v) is 1.90. The molecule has 2 rings (SSSR count). The highest BCUT2D eigenvalue weighted by atomic mass is 127. The van der Waals surface area contributed by atoms with Crippen LogP contribution in [0.2, 0.25) is 0 Å². The van der Waals surface area contributed by atoms with E-state index >= 15 is 0 Å². The molecule has 1 unspecified atom stereocenters. The summed E-state index contributed by atoms with van der Waals surface area (Å²) in [6.45, 7) is 3.43. The second kappa shape index (κ2) is 11.7. The normalized spacial score (nSPS) is 12.2. The highest BCUT2D eigenvalue weighted by Crippen LogP contribution is 2.11. The molecule has 0 spiro atoms. The molecule has 1 heterocycles. The van der Waals surface area contributed by atoms with Gasteiger partial charge in [-0.25, -0.2) is 9.38 Å². The Morgan fingerprint density at radius 3 is 2.68 bits per heavy atom. The number of rotatable bonds is 8. The Morgan fingerprint density at radius 1 is 1.28 bits per heavy atom. The first kappa shape index (κ1) is 21.2. The molecule has 0 saturated carbocycles. The molecule has 138 valence electrons. The van der Waals surface area contributed by atoms with Crippen molar-refractivity contribution >= 4 is 29.9 Å². The first-order valence-corrected chi connectivity index (χ1v) is 7.78. The topological polar surface area (TPSA) is 79.0 Å². The van der Waals surface area contributed by atoms with E-state index in [9.17, 15) is 9.50 Å². The zero-order chi connectivity index (χ0) is 17.2. The lowest BCUT2D eigenvalue weighted by Gasteiger charge is -2.15. The van der Waals surface area contributed by atoms with Crippen LogP contribution in [0.1, 0.15) is 12.7 Å². The van der Waals surface area contributed by atoms with Crippen LogP contribution in [-0.4, -0.2) is 36.9 Å². The van der Waals surface area contributed by atoms with Crippen molar-refractivity contribution in [3.05, 3.63) is 54.2 Å². The van der Waals surface area contributed by atoms with Crippen LogP contribution in [-0.2, 0) is 6.54 Å². The third kappa shape index (κ3) is 8.21. The number of guanidine groups is 1. The number of furan rings is 1. The van der Waals surface area contributed by atoms with Gasteiger partial charge in [0.05, 0.1) is 6.26 Å². The molecule has 0 radical (unpaired) electrons. The van der Waals surface area contributed by atoms with Crippen LogP contribution >= 0.6 is 24.0 Å². The van der Waals surface area contributed by atoms with Crippen LogP contribution in [0, 0.1) is 5.82 Å². The molecule has 0 amide bonds. The Labute approximate surface area is 163 Å². The Morgan fingerprint density at radius 2 is 2.04 bits per heavy atom. The third-order valence-electron chi connectivity index (χ3n) is 3.08. The summed E-state index contributed by atoms with van der Waals surface area (Å²) >= 11 is 0. The van der Waals surface area contributed by atoms with Crippen molar-refractivity contribution in [2.24, 2.45) is 4.99 Å². The molecule has 1 atom stereocenters. The molecule has 0 bridgehead atoms. The maximum Gasteiger partial charge on any atom is 0.191 e. The standard InChI is InChI=1S/C17H22FN3O3.HI/c1-2-19-17(21-11-16-4-3-9-23-16)20-10-14(22)12-24-15-7-5-13(18)6-8-15;/h3-9,14,22H,2,10-12H2,1H3,(H2,19,20,21);1H. The second-order valence-electron chi connectivity index (χ2n) is 5.07. The van der Waals surface area contributed by atoms with Gasteiger partial charge in [-0.3, -0.25) is 0 Å². The average molecular weight is 463 g/mol. The first-order chi connectivity index (χ1) is 11.7. The van der Waals surface area contributed by atoms with Crippen molar-refractivity contribution in [3.63, 3.8) is 0 Å². The van der Waals surface area contributed by atoms with Crippen molar-refractivity contribution in [3.8, 4) is 5.75 Å². The quantitative estimate of drug-likeness (QED) is 0.319. The van der Waals surface area contributed by atoms with Gasteiger partial charge in [0.2, 0.25) is 0 Å². The zero-order valence-electron chi connectivity index (χ0n) is 13.9. The summed E-state index contributed by atoms with van der Waals surface area (Å²) in [5, 5.41) is 16.1. The van der Waals surface area contributed by atoms with Gasteiger partial charge in [-0.2, -0.15) is 0 Å². The van der Waals surface area contributed by atoms with Gasteiger partial charge >= 0.3 is 0 Å². The number of benzene rings is 1. The second-order valence-corrected chi connectivity index (χ2v) is 5.07. The minimum Gasteiger partial charge on any atom is -0.491 e. The summed E-state index contributed by atoms with van der Waals surface area (Å²) in [6, 6.07) is 9.31. The van der Waals surface area contributed by atoms with E-state index in [4.69, 9.17) is 9.15 Å². The molecule has 0 fully saturated rings. The number of aliphatic imine (C=N–C) groups is 1. The molecular weight excluding hydrogens is 440 g/mol. The molecule has 0 aliphatic carbocycles. The first-order valence-electron chi connectivity index (χ1n) is 7.78. The zero-order valence-corrected chi connectivity index (χ0v) is 16.3. The molecule has 1 aromatic heterocycles. The Hall–Kier alpha value is -1.81. The lowest BCUT2D eigenvalue weighted by atomic mass is 10.3. The van der Waals surface area contributed by atoms with E-state index in [-0.39, 0.29) is 42.9 Å². The maximum atomic E-state index is 12.8. The maximum absolute atomic E-state index is 12.8. The number of aliphatic hydroxyl groups excluding tert-OH is 1. The fraction of sp³-hybridized carbons (Fsp3) is 0.353. The summed E-state index contributed by atoms with van der Waals surface area (Å²) in [4.78, 5) is 4.36. The van der Waals surface area contributed by atoms with Gasteiger partial charge < -0.3 is 24.9 Å². The summed E-state index contributed by atoms with van der Waals surface area (Å²) in [5.41, 5.74) is 0. The van der Waals surface area contributed by atoms with E-state index in [1.165, 1.54) is 24.3 Å². The number of nitrogens with zero attached hydrogens (tertiary/aromatic N) is 1. The number of hydrogen-bond donors (Lipinski definition) is 3. The van der Waals surface area contributed by atoms with Gasteiger partial charge in [0.15, 0.2) is 5.96 Å². The molecule has 1 aromatic carbocycles. The molecular formula is C17H23FIN3O3. The van der Waals surface area contributed by atoms with E-state index in [0.717, 1.165) is 5.76 Å². The Kier molecular flexibility index (Phi) is 9.93. The molecule has 0 aliphatic heterocycles. The van der Waals surface area contributed by atoms with Crippen LogP contribution in [0.25, 0.3) is 0 Å². The van der Waals surface area contributed by atoms with Crippen LogP contribution < -0.4 is 15.4 Å². The third-order valence-corrected chi connectivity index (χ3v) is 3.08. The van der Waals surface area contributed by atoms with Crippen molar-refractivity contribution in [1.82, 2.24) is 10.6 Å². The van der Waals surface area contributed by atoms with Crippen LogP contribution in [0.3, 0.4) is 0 Å². The summed E-state index contributed by atoms with van der Waals surface area (Å²) < 4.78 is 23.4. The monoisotopic (exact) mass is 463 g/mol. The minimum absolute atomic E-state index is 0. The average Bonchev–Trinajstić information content (AvgIpc) is 3.10. The van der Waals surface area contributed by atoms with E-state index in [2.05, 4.69) is 15.6 Å². The van der Waals surface area contributed by atoms with E-state index in [1.807, 2.05) is 19.1 Å². The number of hydrogen-bond acceptors (Lipinski definition) is 4. The molecule has 25 heavy (non-hydrogen) atoms. The number of aliphatic hydroxyl groups is 1. The smallest absolute Gasteiger partial charge is 0.191 e. The molecule has 0 saturated heterocycles. The largest absolute Gasteiger partial charge is 0.491 e. The van der Waals surface area contributed by atoms with E-state index in [1.54, 1.807) is 6.26 Å². The molecule has 2 aromatic rings.